The zero-order chi connectivity index (χ0) is 16.1. The number of nitriles is 1. The second-order valence-electron chi connectivity index (χ2n) is 4.86. The predicted octanol–water partition coefficient (Wildman–Crippen LogP) is 1.73. The van der Waals surface area contributed by atoms with Crippen molar-refractivity contribution in [2.75, 3.05) is 20.6 Å². The molecule has 0 saturated heterocycles. The van der Waals surface area contributed by atoms with Crippen LogP contribution in [0.15, 0.2) is 22.1 Å². The third-order valence-electron chi connectivity index (χ3n) is 2.95. The number of hydrogen-bond acceptors (Lipinski definition) is 5. The van der Waals surface area contributed by atoms with Crippen molar-refractivity contribution in [1.29, 1.82) is 5.26 Å². The lowest BCUT2D eigenvalue weighted by molar-refractivity contribution is 0.0696. The fourth-order valence-corrected chi connectivity index (χ4v) is 1.95. The smallest absolute Gasteiger partial charge is 0.337 e. The molecular weight excluding hydrogens is 282 g/mol. The Bertz CT molecular complexity index is 726. The van der Waals surface area contributed by atoms with E-state index in [1.165, 1.54) is 12.4 Å². The Morgan fingerprint density at radius 3 is 2.86 bits per heavy atom. The molecule has 0 bridgehead atoms. The molecule has 1 N–H and O–H groups in total. The molecule has 1 aliphatic heterocycles. The zero-order valence-corrected chi connectivity index (χ0v) is 12.3. The lowest BCUT2D eigenvalue weighted by Gasteiger charge is -2.12. The van der Waals surface area contributed by atoms with E-state index < -0.39 is 5.97 Å². The van der Waals surface area contributed by atoms with Crippen LogP contribution in [-0.2, 0) is 0 Å². The highest BCUT2D eigenvalue weighted by Crippen LogP contribution is 2.27. The van der Waals surface area contributed by atoms with Gasteiger partial charge in [-0.25, -0.2) is 14.8 Å². The lowest BCUT2D eigenvalue weighted by Crippen LogP contribution is -2.09. The van der Waals surface area contributed by atoms with Gasteiger partial charge in [0.1, 0.15) is 11.8 Å². The van der Waals surface area contributed by atoms with Crippen molar-refractivity contribution in [2.24, 2.45) is 9.98 Å². The summed E-state index contributed by atoms with van der Waals surface area (Å²) in [6.07, 6.45) is 5.53. The van der Waals surface area contributed by atoms with Crippen LogP contribution in [0.25, 0.3) is 5.57 Å². The molecule has 0 spiro atoms. The molecule has 0 radical (unpaired) electrons. The Labute approximate surface area is 128 Å². The number of aromatic nitrogens is 1. The fourth-order valence-electron chi connectivity index (χ4n) is 1.95. The minimum absolute atomic E-state index is 0.0338. The van der Waals surface area contributed by atoms with Gasteiger partial charge in [0.25, 0.3) is 0 Å². The van der Waals surface area contributed by atoms with Crippen LogP contribution in [0.3, 0.4) is 0 Å². The first-order valence-electron chi connectivity index (χ1n) is 6.59. The first-order valence-corrected chi connectivity index (χ1v) is 6.59. The van der Waals surface area contributed by atoms with Gasteiger partial charge in [-0.1, -0.05) is 6.08 Å². The fraction of sp³-hybridized carbons (Fsp3) is 0.267. The van der Waals surface area contributed by atoms with Crippen molar-refractivity contribution in [3.8, 4) is 6.07 Å². The van der Waals surface area contributed by atoms with Crippen LogP contribution >= 0.6 is 0 Å². The molecule has 7 nitrogen and oxygen atoms in total. The summed E-state index contributed by atoms with van der Waals surface area (Å²) in [4.78, 5) is 25.6. The molecular formula is C15H15N5O2. The van der Waals surface area contributed by atoms with Gasteiger partial charge in [0.05, 0.1) is 24.1 Å². The summed E-state index contributed by atoms with van der Waals surface area (Å²) >= 11 is 0. The highest BCUT2D eigenvalue weighted by molar-refractivity contribution is 5.96. The number of nitrogens with zero attached hydrogens (tertiary/aromatic N) is 5. The minimum Gasteiger partial charge on any atom is -0.478 e. The number of dihydropyridines is 1. The number of carboxylic acid groups (broad SMARTS) is 1. The maximum Gasteiger partial charge on any atom is 0.337 e. The predicted molar refractivity (Wildman–Crippen MR) is 83.7 cm³/mol. The van der Waals surface area contributed by atoms with Gasteiger partial charge in [0, 0.05) is 26.7 Å². The largest absolute Gasteiger partial charge is 0.478 e. The average Bonchev–Trinajstić information content (AvgIpc) is 2.52. The summed E-state index contributed by atoms with van der Waals surface area (Å²) in [7, 11) is 3.56. The van der Waals surface area contributed by atoms with Crippen LogP contribution in [0, 0.1) is 11.3 Å². The SMILES string of the molecule is CN(C)/C=N/c1cc(C(=O)O)c(C2=CCN=CC2)nc1C#N. The number of allylic oxidation sites excluding steroid dienone is 1. The Morgan fingerprint density at radius 1 is 1.55 bits per heavy atom. The average molecular weight is 297 g/mol. The molecule has 0 aromatic carbocycles. The van der Waals surface area contributed by atoms with Gasteiger partial charge in [-0.05, 0) is 11.6 Å². The van der Waals surface area contributed by atoms with Crippen LogP contribution < -0.4 is 0 Å². The molecule has 2 rings (SSSR count). The number of carbonyl (C=O) groups is 1. The number of hydrogen-bond donors (Lipinski definition) is 1. The molecule has 0 fully saturated rings. The van der Waals surface area contributed by atoms with E-state index in [0.717, 1.165) is 5.57 Å². The molecule has 22 heavy (non-hydrogen) atoms. The second kappa shape index (κ2) is 6.63. The number of aliphatic imine (C=N–C) groups is 2. The molecule has 0 saturated carbocycles. The summed E-state index contributed by atoms with van der Waals surface area (Å²) in [6, 6.07) is 3.35. The first kappa shape index (κ1) is 15.4. The van der Waals surface area contributed by atoms with E-state index in [0.29, 0.717) is 18.7 Å². The van der Waals surface area contributed by atoms with Crippen molar-refractivity contribution >= 4 is 29.8 Å². The number of pyridine rings is 1. The molecule has 0 atom stereocenters. The second-order valence-corrected chi connectivity index (χ2v) is 4.86. The van der Waals surface area contributed by atoms with Crippen molar-refractivity contribution < 1.29 is 9.90 Å². The van der Waals surface area contributed by atoms with E-state index in [-0.39, 0.29) is 16.9 Å². The topological polar surface area (TPSA) is 102 Å². The molecule has 1 aromatic rings. The van der Waals surface area contributed by atoms with E-state index >= 15 is 0 Å². The van der Waals surface area contributed by atoms with Crippen molar-refractivity contribution in [3.63, 3.8) is 0 Å². The van der Waals surface area contributed by atoms with E-state index in [1.807, 2.05) is 12.1 Å². The molecule has 1 aromatic heterocycles. The first-order chi connectivity index (χ1) is 10.5. The molecule has 0 amide bonds. The van der Waals surface area contributed by atoms with Gasteiger partial charge in [-0.15, -0.1) is 0 Å². The van der Waals surface area contributed by atoms with Gasteiger partial charge >= 0.3 is 5.97 Å². The lowest BCUT2D eigenvalue weighted by atomic mass is 10.0. The molecule has 0 unspecified atom stereocenters. The molecule has 0 aliphatic carbocycles. The monoisotopic (exact) mass is 297 g/mol. The number of aromatic carboxylic acids is 1. The Morgan fingerprint density at radius 2 is 2.32 bits per heavy atom. The van der Waals surface area contributed by atoms with Gasteiger partial charge in [-0.3, -0.25) is 4.99 Å². The Balaban J connectivity index is 2.57. The maximum absolute atomic E-state index is 11.5. The van der Waals surface area contributed by atoms with Crippen LogP contribution in [0.5, 0.6) is 0 Å². The van der Waals surface area contributed by atoms with Crippen molar-refractivity contribution in [2.45, 2.75) is 6.42 Å². The maximum atomic E-state index is 11.5. The van der Waals surface area contributed by atoms with Crippen LogP contribution in [0.2, 0.25) is 0 Å². The summed E-state index contributed by atoms with van der Waals surface area (Å²) in [5, 5.41) is 18.7. The van der Waals surface area contributed by atoms with Crippen molar-refractivity contribution in [1.82, 2.24) is 9.88 Å². The van der Waals surface area contributed by atoms with Crippen LogP contribution in [-0.4, -0.2) is 54.2 Å². The third-order valence-corrected chi connectivity index (χ3v) is 2.95. The van der Waals surface area contributed by atoms with Crippen molar-refractivity contribution in [3.05, 3.63) is 29.1 Å². The van der Waals surface area contributed by atoms with E-state index in [4.69, 9.17) is 0 Å². The summed E-state index contributed by atoms with van der Waals surface area (Å²) in [5.41, 5.74) is 1.43. The quantitative estimate of drug-likeness (QED) is 0.673. The molecule has 112 valence electrons. The molecule has 1 aliphatic rings. The number of carboxylic acids is 1. The Hall–Kier alpha value is -3.01. The molecule has 7 heteroatoms. The Kier molecular flexibility index (Phi) is 4.63. The van der Waals surface area contributed by atoms with E-state index in [2.05, 4.69) is 15.0 Å². The third kappa shape index (κ3) is 3.35. The van der Waals surface area contributed by atoms with E-state index in [1.54, 1.807) is 25.2 Å². The van der Waals surface area contributed by atoms with Gasteiger partial charge in [-0.2, -0.15) is 5.26 Å². The normalized spacial score (nSPS) is 13.8. The summed E-state index contributed by atoms with van der Waals surface area (Å²) in [6.45, 7) is 0.485. The number of rotatable bonds is 4. The van der Waals surface area contributed by atoms with Crippen LogP contribution in [0.1, 0.15) is 28.2 Å². The minimum atomic E-state index is -1.10. The van der Waals surface area contributed by atoms with Gasteiger partial charge < -0.3 is 10.0 Å². The van der Waals surface area contributed by atoms with E-state index in [9.17, 15) is 15.2 Å². The highest BCUT2D eigenvalue weighted by atomic mass is 16.4. The summed E-state index contributed by atoms with van der Waals surface area (Å²) < 4.78 is 0. The zero-order valence-electron chi connectivity index (χ0n) is 12.3. The van der Waals surface area contributed by atoms with Gasteiger partial charge in [0.15, 0.2) is 5.69 Å². The highest BCUT2D eigenvalue weighted by Gasteiger charge is 2.19. The van der Waals surface area contributed by atoms with Gasteiger partial charge in [0.2, 0.25) is 0 Å². The molecule has 2 heterocycles. The summed E-state index contributed by atoms with van der Waals surface area (Å²) in [5.74, 6) is -1.10. The standard InChI is InChI=1S/C15H15N5O2/c1-20(2)9-18-12-7-11(15(21)22)14(19-13(12)8-16)10-3-5-17-6-4-10/h3,6-7,9H,4-5H2,1-2H3,(H,21,22)/b18-9+. The van der Waals surface area contributed by atoms with Crippen LogP contribution in [0.4, 0.5) is 5.69 Å².